The Morgan fingerprint density at radius 1 is 0.302 bits per heavy atom. The van der Waals surface area contributed by atoms with Crippen molar-refractivity contribution >= 4 is 11.9 Å². The maximum atomic E-state index is 12.3. The standard InChI is InChI=1S/C58H114O5/c1-3-5-7-9-11-13-15-17-18-19-20-21-22-23-24-25-26-27-28-29-30-31-32-33-34-35-36-37-38-39-41-43-45-47-49-51-53-58(61)63-56(54-59)55-62-57(60)52-50-48-46-44-42-40-16-14-12-10-8-6-4-2/h56,59H,3-55H2,1-2H3. The van der Waals surface area contributed by atoms with Crippen molar-refractivity contribution in [1.29, 1.82) is 0 Å². The molecule has 0 bridgehead atoms. The summed E-state index contributed by atoms with van der Waals surface area (Å²) >= 11 is 0. The molecule has 0 spiro atoms. The van der Waals surface area contributed by atoms with E-state index in [0.717, 1.165) is 32.1 Å². The molecule has 5 heteroatoms. The molecule has 0 aromatic rings. The van der Waals surface area contributed by atoms with E-state index in [9.17, 15) is 14.7 Å². The van der Waals surface area contributed by atoms with E-state index >= 15 is 0 Å². The van der Waals surface area contributed by atoms with E-state index in [1.807, 2.05) is 0 Å². The molecule has 1 atom stereocenters. The van der Waals surface area contributed by atoms with Crippen LogP contribution in [-0.4, -0.2) is 36.4 Å². The molecule has 376 valence electrons. The summed E-state index contributed by atoms with van der Waals surface area (Å²) in [5, 5.41) is 9.62. The number of aliphatic hydroxyl groups is 1. The molecule has 0 rings (SSSR count). The van der Waals surface area contributed by atoms with E-state index in [1.54, 1.807) is 0 Å². The molecular formula is C58H114O5. The van der Waals surface area contributed by atoms with Gasteiger partial charge in [-0.15, -0.1) is 0 Å². The van der Waals surface area contributed by atoms with Crippen molar-refractivity contribution in [1.82, 2.24) is 0 Å². The van der Waals surface area contributed by atoms with Crippen molar-refractivity contribution in [2.24, 2.45) is 0 Å². The summed E-state index contributed by atoms with van der Waals surface area (Å²) in [6.07, 6.45) is 66.8. The minimum absolute atomic E-state index is 0.0563. The zero-order chi connectivity index (χ0) is 45.6. The normalized spacial score (nSPS) is 12.0. The quantitative estimate of drug-likeness (QED) is 0.0486. The van der Waals surface area contributed by atoms with Crippen LogP contribution in [0.25, 0.3) is 0 Å². The highest BCUT2D eigenvalue weighted by Gasteiger charge is 2.16. The number of ether oxygens (including phenoxy) is 2. The Labute approximate surface area is 395 Å². The molecule has 0 heterocycles. The Bertz CT molecular complexity index is 875. The SMILES string of the molecule is CCCCCCCCCCCCCCCCCCCCCCCCCCCCCCCCCCCCCCC(=O)OC(CO)COC(=O)CCCCCCCCCCCCCCC. The van der Waals surface area contributed by atoms with E-state index in [4.69, 9.17) is 9.47 Å². The van der Waals surface area contributed by atoms with Gasteiger partial charge in [-0.05, 0) is 12.8 Å². The Hall–Kier alpha value is -1.10. The lowest BCUT2D eigenvalue weighted by Gasteiger charge is -2.15. The van der Waals surface area contributed by atoms with Crippen LogP contribution in [0.4, 0.5) is 0 Å². The van der Waals surface area contributed by atoms with E-state index in [1.165, 1.54) is 283 Å². The third kappa shape index (κ3) is 53.4. The highest BCUT2D eigenvalue weighted by atomic mass is 16.6. The topological polar surface area (TPSA) is 72.8 Å². The van der Waals surface area contributed by atoms with Crippen molar-refractivity contribution in [2.75, 3.05) is 13.2 Å². The van der Waals surface area contributed by atoms with Gasteiger partial charge in [0.25, 0.3) is 0 Å². The van der Waals surface area contributed by atoms with Crippen LogP contribution in [0.1, 0.15) is 341 Å². The first-order chi connectivity index (χ1) is 31.1. The van der Waals surface area contributed by atoms with Crippen molar-refractivity contribution < 1.29 is 24.2 Å². The second-order valence-corrected chi connectivity index (χ2v) is 20.1. The van der Waals surface area contributed by atoms with Crippen LogP contribution in [0.5, 0.6) is 0 Å². The summed E-state index contributed by atoms with van der Waals surface area (Å²) in [7, 11) is 0. The van der Waals surface area contributed by atoms with Crippen LogP contribution in [-0.2, 0) is 19.1 Å². The zero-order valence-electron chi connectivity index (χ0n) is 43.1. The number of carbonyl (C=O) groups is 2. The number of hydrogen-bond donors (Lipinski definition) is 1. The fourth-order valence-electron chi connectivity index (χ4n) is 9.27. The van der Waals surface area contributed by atoms with Gasteiger partial charge in [0.1, 0.15) is 6.61 Å². The summed E-state index contributed by atoms with van der Waals surface area (Å²) in [4.78, 5) is 24.4. The molecule has 0 aromatic carbocycles. The molecule has 1 unspecified atom stereocenters. The monoisotopic (exact) mass is 891 g/mol. The van der Waals surface area contributed by atoms with Crippen molar-refractivity contribution in [3.63, 3.8) is 0 Å². The first kappa shape index (κ1) is 61.9. The predicted octanol–water partition coefficient (Wildman–Crippen LogP) is 19.4. The van der Waals surface area contributed by atoms with Crippen LogP contribution in [0, 0.1) is 0 Å². The highest BCUT2D eigenvalue weighted by Crippen LogP contribution is 2.18. The van der Waals surface area contributed by atoms with Crippen LogP contribution in [0.2, 0.25) is 0 Å². The van der Waals surface area contributed by atoms with Gasteiger partial charge in [0.05, 0.1) is 6.61 Å². The summed E-state index contributed by atoms with van der Waals surface area (Å²) in [5.74, 6) is -0.567. The van der Waals surface area contributed by atoms with E-state index in [0.29, 0.717) is 12.8 Å². The number of esters is 2. The lowest BCUT2D eigenvalue weighted by molar-refractivity contribution is -0.161. The fourth-order valence-corrected chi connectivity index (χ4v) is 9.27. The van der Waals surface area contributed by atoms with E-state index in [2.05, 4.69) is 13.8 Å². The number of rotatable bonds is 55. The molecule has 0 amide bonds. The summed E-state index contributed by atoms with van der Waals surface area (Å²) in [6, 6.07) is 0. The lowest BCUT2D eigenvalue weighted by atomic mass is 10.0. The molecule has 0 saturated heterocycles. The molecule has 0 aliphatic rings. The molecular weight excluding hydrogens is 777 g/mol. The average Bonchev–Trinajstić information content (AvgIpc) is 3.29. The molecule has 63 heavy (non-hydrogen) atoms. The predicted molar refractivity (Wildman–Crippen MR) is 275 cm³/mol. The average molecular weight is 892 g/mol. The highest BCUT2D eigenvalue weighted by molar-refractivity contribution is 5.70. The first-order valence-electron chi connectivity index (χ1n) is 29.1. The van der Waals surface area contributed by atoms with Gasteiger partial charge in [-0.2, -0.15) is 0 Å². The molecule has 0 saturated carbocycles. The number of carbonyl (C=O) groups excluding carboxylic acids is 2. The third-order valence-corrected chi connectivity index (χ3v) is 13.7. The van der Waals surface area contributed by atoms with E-state index in [-0.39, 0.29) is 25.2 Å². The van der Waals surface area contributed by atoms with Crippen molar-refractivity contribution in [3.05, 3.63) is 0 Å². The minimum Gasteiger partial charge on any atom is -0.462 e. The Balaban J connectivity index is 3.32. The number of hydrogen-bond acceptors (Lipinski definition) is 5. The van der Waals surface area contributed by atoms with Crippen LogP contribution < -0.4 is 0 Å². The second kappa shape index (κ2) is 55.2. The molecule has 0 aliphatic carbocycles. The molecule has 0 aliphatic heterocycles. The van der Waals surface area contributed by atoms with Crippen LogP contribution in [0.3, 0.4) is 0 Å². The largest absolute Gasteiger partial charge is 0.462 e. The van der Waals surface area contributed by atoms with Crippen molar-refractivity contribution in [2.45, 2.75) is 347 Å². The third-order valence-electron chi connectivity index (χ3n) is 13.7. The van der Waals surface area contributed by atoms with Gasteiger partial charge in [-0.1, -0.05) is 316 Å². The van der Waals surface area contributed by atoms with Gasteiger partial charge in [0, 0.05) is 12.8 Å². The van der Waals surface area contributed by atoms with Gasteiger partial charge >= 0.3 is 11.9 Å². The van der Waals surface area contributed by atoms with Crippen molar-refractivity contribution in [3.8, 4) is 0 Å². The second-order valence-electron chi connectivity index (χ2n) is 20.1. The summed E-state index contributed by atoms with van der Waals surface area (Å²) < 4.78 is 10.7. The molecule has 5 nitrogen and oxygen atoms in total. The smallest absolute Gasteiger partial charge is 0.306 e. The fraction of sp³-hybridized carbons (Fsp3) is 0.966. The molecule has 0 fully saturated rings. The molecule has 0 radical (unpaired) electrons. The van der Waals surface area contributed by atoms with Gasteiger partial charge < -0.3 is 14.6 Å². The van der Waals surface area contributed by atoms with E-state index < -0.39 is 6.10 Å². The maximum Gasteiger partial charge on any atom is 0.306 e. The Morgan fingerprint density at radius 3 is 0.698 bits per heavy atom. The summed E-state index contributed by atoms with van der Waals surface area (Å²) in [5.41, 5.74) is 0. The van der Waals surface area contributed by atoms with Gasteiger partial charge in [0.2, 0.25) is 0 Å². The molecule has 1 N–H and O–H groups in total. The van der Waals surface area contributed by atoms with Crippen LogP contribution >= 0.6 is 0 Å². The minimum atomic E-state index is -0.763. The zero-order valence-corrected chi connectivity index (χ0v) is 43.1. The van der Waals surface area contributed by atoms with Crippen LogP contribution in [0.15, 0.2) is 0 Å². The Morgan fingerprint density at radius 2 is 0.492 bits per heavy atom. The van der Waals surface area contributed by atoms with Gasteiger partial charge in [-0.25, -0.2) is 0 Å². The lowest BCUT2D eigenvalue weighted by Crippen LogP contribution is -2.28. The number of aliphatic hydroxyl groups excluding tert-OH is 1. The van der Waals surface area contributed by atoms with Gasteiger partial charge in [0.15, 0.2) is 6.10 Å². The maximum absolute atomic E-state index is 12.3. The summed E-state index contributed by atoms with van der Waals surface area (Å²) in [6.45, 7) is 4.19. The molecule has 0 aromatic heterocycles. The Kier molecular flexibility index (Phi) is 54.3. The van der Waals surface area contributed by atoms with Gasteiger partial charge in [-0.3, -0.25) is 9.59 Å². The number of unbranched alkanes of at least 4 members (excludes halogenated alkanes) is 47. The first-order valence-corrected chi connectivity index (χ1v) is 29.1.